The van der Waals surface area contributed by atoms with Crippen LogP contribution >= 0.6 is 0 Å². The molecule has 0 bridgehead atoms. The van der Waals surface area contributed by atoms with Crippen LogP contribution in [0.4, 0.5) is 0 Å². The fourth-order valence-corrected chi connectivity index (χ4v) is 2.58. The number of hydrogen-bond acceptors (Lipinski definition) is 2. The Morgan fingerprint density at radius 3 is 2.05 bits per heavy atom. The average molecular weight is 274 g/mol. The zero-order valence-corrected chi connectivity index (χ0v) is 13.9. The quantitative estimate of drug-likeness (QED) is 0.769. The highest BCUT2D eigenvalue weighted by Crippen LogP contribution is 2.43. The summed E-state index contributed by atoms with van der Waals surface area (Å²) in [6.07, 6.45) is 0.133. The molecule has 1 aliphatic heterocycles. The Morgan fingerprint density at radius 1 is 1.00 bits per heavy atom. The van der Waals surface area contributed by atoms with Gasteiger partial charge in [-0.25, -0.2) is 0 Å². The van der Waals surface area contributed by atoms with Gasteiger partial charge in [0.15, 0.2) is 0 Å². The third-order valence-electron chi connectivity index (χ3n) is 4.94. The van der Waals surface area contributed by atoms with E-state index in [1.807, 2.05) is 0 Å². The van der Waals surface area contributed by atoms with E-state index in [0.717, 1.165) is 5.46 Å². The first-order chi connectivity index (χ1) is 9.11. The molecule has 0 radical (unpaired) electrons. The van der Waals surface area contributed by atoms with Crippen LogP contribution in [0.25, 0.3) is 0 Å². The van der Waals surface area contributed by atoms with E-state index in [2.05, 4.69) is 66.7 Å². The molecule has 1 heterocycles. The zero-order chi connectivity index (χ0) is 15.1. The lowest BCUT2D eigenvalue weighted by Crippen LogP contribution is -2.43. The van der Waals surface area contributed by atoms with Gasteiger partial charge in [-0.15, -0.1) is 0 Å². The van der Waals surface area contributed by atoms with Crippen LogP contribution in [0.3, 0.4) is 0 Å². The molecule has 110 valence electrons. The van der Waals surface area contributed by atoms with Crippen molar-refractivity contribution in [2.24, 2.45) is 10.8 Å². The van der Waals surface area contributed by atoms with Crippen LogP contribution in [0.5, 0.6) is 0 Å². The van der Waals surface area contributed by atoms with E-state index in [4.69, 9.17) is 9.31 Å². The molecule has 1 atom stereocenters. The standard InChI is InChI=1S/C17H27BO2/c1-12-8-13(2)10-14(9-12)18-19-11-15(20-18)17(6,7)16(3,4)5/h8-10,15H,11H2,1-7H3. The predicted octanol–water partition coefficient (Wildman–Crippen LogP) is 3.49. The summed E-state index contributed by atoms with van der Waals surface area (Å²) in [6, 6.07) is 6.49. The molecule has 1 aromatic carbocycles. The van der Waals surface area contributed by atoms with E-state index >= 15 is 0 Å². The minimum Gasteiger partial charge on any atom is -0.405 e. The molecule has 1 unspecified atom stereocenters. The molecule has 0 aromatic heterocycles. The van der Waals surface area contributed by atoms with Gasteiger partial charge in [0, 0.05) is 0 Å². The van der Waals surface area contributed by atoms with E-state index in [-0.39, 0.29) is 24.1 Å². The van der Waals surface area contributed by atoms with Gasteiger partial charge in [0.25, 0.3) is 0 Å². The topological polar surface area (TPSA) is 18.5 Å². The lowest BCUT2D eigenvalue weighted by atomic mass is 9.66. The Labute approximate surface area is 124 Å². The van der Waals surface area contributed by atoms with Crippen LogP contribution in [-0.2, 0) is 9.31 Å². The van der Waals surface area contributed by atoms with Crippen molar-refractivity contribution in [2.45, 2.75) is 54.6 Å². The third kappa shape index (κ3) is 2.94. The number of rotatable bonds is 2. The van der Waals surface area contributed by atoms with Gasteiger partial charge in [0.1, 0.15) is 0 Å². The lowest BCUT2D eigenvalue weighted by molar-refractivity contribution is 0.000307. The summed E-state index contributed by atoms with van der Waals surface area (Å²) < 4.78 is 12.1. The molecule has 0 saturated carbocycles. The number of hydrogen-bond donors (Lipinski definition) is 0. The van der Waals surface area contributed by atoms with Gasteiger partial charge >= 0.3 is 7.12 Å². The second-order valence-corrected chi connectivity index (χ2v) is 7.68. The second-order valence-electron chi connectivity index (χ2n) is 7.68. The first-order valence-electron chi connectivity index (χ1n) is 7.46. The minimum absolute atomic E-state index is 0.0701. The molecule has 1 saturated heterocycles. The van der Waals surface area contributed by atoms with Crippen molar-refractivity contribution < 1.29 is 9.31 Å². The van der Waals surface area contributed by atoms with E-state index in [1.54, 1.807) is 0 Å². The van der Waals surface area contributed by atoms with Crippen molar-refractivity contribution in [3.63, 3.8) is 0 Å². The summed E-state index contributed by atoms with van der Waals surface area (Å²) in [7, 11) is -0.222. The monoisotopic (exact) mass is 274 g/mol. The number of aryl methyl sites for hydroxylation is 2. The predicted molar refractivity (Wildman–Crippen MR) is 85.4 cm³/mol. The molecule has 3 heteroatoms. The first-order valence-corrected chi connectivity index (χ1v) is 7.46. The largest absolute Gasteiger partial charge is 0.494 e. The average Bonchev–Trinajstić information content (AvgIpc) is 2.75. The van der Waals surface area contributed by atoms with Crippen molar-refractivity contribution in [3.05, 3.63) is 29.3 Å². The van der Waals surface area contributed by atoms with Crippen LogP contribution < -0.4 is 5.46 Å². The van der Waals surface area contributed by atoms with Crippen LogP contribution in [0.1, 0.15) is 45.7 Å². The molecule has 0 spiro atoms. The first kappa shape index (κ1) is 15.6. The molecule has 0 amide bonds. The highest BCUT2D eigenvalue weighted by molar-refractivity contribution is 6.61. The van der Waals surface area contributed by atoms with Gasteiger partial charge in [-0.2, -0.15) is 0 Å². The van der Waals surface area contributed by atoms with Gasteiger partial charge in [-0.1, -0.05) is 63.9 Å². The van der Waals surface area contributed by atoms with Crippen molar-refractivity contribution >= 4 is 12.6 Å². The van der Waals surface area contributed by atoms with Crippen molar-refractivity contribution in [2.75, 3.05) is 6.61 Å². The Balaban J connectivity index is 2.17. The smallest absolute Gasteiger partial charge is 0.405 e. The summed E-state index contributed by atoms with van der Waals surface area (Å²) in [5.41, 5.74) is 3.89. The van der Waals surface area contributed by atoms with E-state index < -0.39 is 0 Å². The van der Waals surface area contributed by atoms with Gasteiger partial charge in [0.2, 0.25) is 0 Å². The van der Waals surface area contributed by atoms with Crippen LogP contribution in [0.15, 0.2) is 18.2 Å². The molecule has 2 rings (SSSR count). The fourth-order valence-electron chi connectivity index (χ4n) is 2.58. The normalized spacial score (nSPS) is 20.6. The van der Waals surface area contributed by atoms with Gasteiger partial charge in [-0.05, 0) is 30.1 Å². The fraction of sp³-hybridized carbons (Fsp3) is 0.647. The maximum absolute atomic E-state index is 6.23. The van der Waals surface area contributed by atoms with E-state index in [1.165, 1.54) is 11.1 Å². The maximum atomic E-state index is 6.23. The van der Waals surface area contributed by atoms with Gasteiger partial charge in [-0.3, -0.25) is 0 Å². The molecule has 2 nitrogen and oxygen atoms in total. The van der Waals surface area contributed by atoms with Crippen molar-refractivity contribution in [3.8, 4) is 0 Å². The van der Waals surface area contributed by atoms with Crippen molar-refractivity contribution in [1.29, 1.82) is 0 Å². The molecular formula is C17H27BO2. The lowest BCUT2D eigenvalue weighted by Gasteiger charge is -2.42. The minimum atomic E-state index is -0.222. The maximum Gasteiger partial charge on any atom is 0.494 e. The molecule has 0 aliphatic carbocycles. The molecule has 1 fully saturated rings. The molecular weight excluding hydrogens is 247 g/mol. The van der Waals surface area contributed by atoms with E-state index in [0.29, 0.717) is 6.61 Å². The molecule has 1 aliphatic rings. The second kappa shape index (κ2) is 5.20. The summed E-state index contributed by atoms with van der Waals surface area (Å²) in [6.45, 7) is 16.2. The van der Waals surface area contributed by atoms with Gasteiger partial charge in [0.05, 0.1) is 12.7 Å². The van der Waals surface area contributed by atoms with Crippen LogP contribution in [0, 0.1) is 24.7 Å². The summed E-state index contributed by atoms with van der Waals surface area (Å²) in [4.78, 5) is 0. The summed E-state index contributed by atoms with van der Waals surface area (Å²) in [5, 5.41) is 0. The Hall–Kier alpha value is -0.795. The van der Waals surface area contributed by atoms with Crippen LogP contribution in [-0.4, -0.2) is 19.8 Å². The zero-order valence-electron chi connectivity index (χ0n) is 13.9. The van der Waals surface area contributed by atoms with Crippen molar-refractivity contribution in [1.82, 2.24) is 0 Å². The third-order valence-corrected chi connectivity index (χ3v) is 4.94. The summed E-state index contributed by atoms with van der Waals surface area (Å²) >= 11 is 0. The summed E-state index contributed by atoms with van der Waals surface area (Å²) in [5.74, 6) is 0. The highest BCUT2D eigenvalue weighted by atomic mass is 16.6. The Bertz CT molecular complexity index is 468. The molecule has 1 aromatic rings. The molecule has 0 N–H and O–H groups in total. The Kier molecular flexibility index (Phi) is 4.05. The van der Waals surface area contributed by atoms with Gasteiger partial charge < -0.3 is 9.31 Å². The van der Waals surface area contributed by atoms with E-state index in [9.17, 15) is 0 Å². The van der Waals surface area contributed by atoms with Crippen LogP contribution in [0.2, 0.25) is 0 Å². The highest BCUT2D eigenvalue weighted by Gasteiger charge is 2.46. The Morgan fingerprint density at radius 2 is 1.55 bits per heavy atom. The number of benzene rings is 1. The SMILES string of the molecule is Cc1cc(C)cc(B2OCC(C(C)(C)C(C)(C)C)O2)c1. The molecule has 20 heavy (non-hydrogen) atoms.